The van der Waals surface area contributed by atoms with E-state index >= 15 is 0 Å². The molecule has 0 saturated heterocycles. The fraction of sp³-hybridized carbons (Fsp3) is 0.444. The van der Waals surface area contributed by atoms with Crippen molar-refractivity contribution in [1.82, 2.24) is 15.3 Å². The lowest BCUT2D eigenvalue weighted by Gasteiger charge is -2.15. The number of aromatic nitrogens is 2. The third kappa shape index (κ3) is 5.46. The van der Waals surface area contributed by atoms with Crippen LogP contribution >= 0.6 is 11.8 Å². The quantitative estimate of drug-likeness (QED) is 0.571. The summed E-state index contributed by atoms with van der Waals surface area (Å²) in [6.45, 7) is 6.97. The molecule has 1 aromatic carbocycles. The molecule has 0 aliphatic carbocycles. The van der Waals surface area contributed by atoms with E-state index in [1.807, 2.05) is 25.4 Å². The van der Waals surface area contributed by atoms with Crippen molar-refractivity contribution in [3.63, 3.8) is 0 Å². The molecule has 1 atom stereocenters. The molecule has 1 unspecified atom stereocenters. The van der Waals surface area contributed by atoms with E-state index in [0.717, 1.165) is 22.0 Å². The Hall–Kier alpha value is -1.66. The van der Waals surface area contributed by atoms with Crippen molar-refractivity contribution < 1.29 is 9.13 Å². The van der Waals surface area contributed by atoms with Gasteiger partial charge in [-0.3, -0.25) is 0 Å². The third-order valence-corrected chi connectivity index (χ3v) is 4.82. The van der Waals surface area contributed by atoms with Gasteiger partial charge in [-0.1, -0.05) is 31.7 Å². The molecule has 24 heavy (non-hydrogen) atoms. The first kappa shape index (κ1) is 18.7. The molecule has 1 heterocycles. The molecule has 0 fully saturated rings. The second-order valence-electron chi connectivity index (χ2n) is 6.08. The summed E-state index contributed by atoms with van der Waals surface area (Å²) in [5, 5.41) is 4.16. The number of thioether (sulfide) groups is 1. The van der Waals surface area contributed by atoms with Gasteiger partial charge in [0.1, 0.15) is 0 Å². The summed E-state index contributed by atoms with van der Waals surface area (Å²) in [7, 11) is 1.46. The Balaban J connectivity index is 1.89. The van der Waals surface area contributed by atoms with Gasteiger partial charge < -0.3 is 10.1 Å². The molecule has 130 valence electrons. The van der Waals surface area contributed by atoms with Gasteiger partial charge in [-0.05, 0) is 30.5 Å². The highest BCUT2D eigenvalue weighted by Crippen LogP contribution is 2.22. The molecule has 0 amide bonds. The molecular formula is C18H24FN3OS. The summed E-state index contributed by atoms with van der Waals surface area (Å²) in [6.07, 6.45) is 3.67. The Labute approximate surface area is 147 Å². The summed E-state index contributed by atoms with van der Waals surface area (Å²) in [4.78, 5) is 8.75. The summed E-state index contributed by atoms with van der Waals surface area (Å²) < 4.78 is 18.7. The second kappa shape index (κ2) is 8.99. The Kier molecular flexibility index (Phi) is 6.99. The molecule has 0 aliphatic rings. The van der Waals surface area contributed by atoms with E-state index in [1.165, 1.54) is 13.2 Å². The van der Waals surface area contributed by atoms with E-state index < -0.39 is 0 Å². The Morgan fingerprint density at radius 1 is 1.21 bits per heavy atom. The van der Waals surface area contributed by atoms with Gasteiger partial charge in [0.15, 0.2) is 16.7 Å². The summed E-state index contributed by atoms with van der Waals surface area (Å²) >= 11 is 1.67. The van der Waals surface area contributed by atoms with Crippen LogP contribution in [0.4, 0.5) is 4.39 Å². The molecule has 1 aromatic heterocycles. The van der Waals surface area contributed by atoms with Crippen LogP contribution in [0.25, 0.3) is 0 Å². The standard InChI is InChI=1S/C18H24FN3OS/c1-12(2)11-24-18-21-9-14(10-22-18)8-20-13(3)15-5-6-17(23-4)16(19)7-15/h5-7,9-10,12-13,20H,8,11H2,1-4H3. The van der Waals surface area contributed by atoms with E-state index in [4.69, 9.17) is 4.74 Å². The number of ether oxygens (including phenoxy) is 1. The number of rotatable bonds is 8. The zero-order valence-corrected chi connectivity index (χ0v) is 15.4. The van der Waals surface area contributed by atoms with Crippen LogP contribution in [-0.4, -0.2) is 22.8 Å². The molecule has 0 spiro atoms. The van der Waals surface area contributed by atoms with Crippen molar-refractivity contribution in [3.05, 3.63) is 47.5 Å². The molecule has 0 radical (unpaired) electrons. The smallest absolute Gasteiger partial charge is 0.187 e. The molecular weight excluding hydrogens is 325 g/mol. The topological polar surface area (TPSA) is 47.0 Å². The van der Waals surface area contributed by atoms with E-state index in [9.17, 15) is 4.39 Å². The molecule has 4 nitrogen and oxygen atoms in total. The maximum atomic E-state index is 13.8. The molecule has 0 saturated carbocycles. The first-order chi connectivity index (χ1) is 11.5. The Morgan fingerprint density at radius 3 is 2.50 bits per heavy atom. The summed E-state index contributed by atoms with van der Waals surface area (Å²) in [5.41, 5.74) is 1.88. The van der Waals surface area contributed by atoms with E-state index in [0.29, 0.717) is 12.5 Å². The van der Waals surface area contributed by atoms with Crippen molar-refractivity contribution in [2.45, 2.75) is 38.5 Å². The van der Waals surface area contributed by atoms with E-state index in [1.54, 1.807) is 17.8 Å². The SMILES string of the molecule is COc1ccc(C(C)NCc2cnc(SCC(C)C)nc2)cc1F. The van der Waals surface area contributed by atoms with Crippen LogP contribution in [0.5, 0.6) is 5.75 Å². The minimum absolute atomic E-state index is 0.0143. The number of hydrogen-bond donors (Lipinski definition) is 1. The first-order valence-corrected chi connectivity index (χ1v) is 8.98. The summed E-state index contributed by atoms with van der Waals surface area (Å²) in [6, 6.07) is 5.02. The second-order valence-corrected chi connectivity index (χ2v) is 7.06. The number of nitrogens with zero attached hydrogens (tertiary/aromatic N) is 2. The van der Waals surface area contributed by atoms with Crippen molar-refractivity contribution in [2.75, 3.05) is 12.9 Å². The van der Waals surface area contributed by atoms with Crippen molar-refractivity contribution in [1.29, 1.82) is 0 Å². The maximum Gasteiger partial charge on any atom is 0.187 e. The maximum absolute atomic E-state index is 13.8. The zero-order valence-electron chi connectivity index (χ0n) is 14.5. The molecule has 0 aliphatic heterocycles. The van der Waals surface area contributed by atoms with E-state index in [-0.39, 0.29) is 17.6 Å². The van der Waals surface area contributed by atoms with Gasteiger partial charge in [0, 0.05) is 36.3 Å². The minimum atomic E-state index is -0.349. The van der Waals surface area contributed by atoms with Crippen LogP contribution in [0.1, 0.15) is 37.9 Å². The molecule has 0 bridgehead atoms. The van der Waals surface area contributed by atoms with Crippen LogP contribution in [0.3, 0.4) is 0 Å². The molecule has 6 heteroatoms. The fourth-order valence-corrected chi connectivity index (χ4v) is 2.83. The fourth-order valence-electron chi connectivity index (χ4n) is 2.09. The third-order valence-electron chi connectivity index (χ3n) is 3.52. The highest BCUT2D eigenvalue weighted by Gasteiger charge is 2.09. The molecule has 2 rings (SSSR count). The number of benzene rings is 1. The van der Waals surface area contributed by atoms with Crippen LogP contribution < -0.4 is 10.1 Å². The number of halogens is 1. The molecule has 2 aromatic rings. The van der Waals surface area contributed by atoms with Gasteiger partial charge in [0.2, 0.25) is 0 Å². The Morgan fingerprint density at radius 2 is 1.92 bits per heavy atom. The van der Waals surface area contributed by atoms with Crippen molar-refractivity contribution >= 4 is 11.8 Å². The van der Waals surface area contributed by atoms with Gasteiger partial charge in [0.25, 0.3) is 0 Å². The number of methoxy groups -OCH3 is 1. The van der Waals surface area contributed by atoms with Crippen LogP contribution in [0.2, 0.25) is 0 Å². The van der Waals surface area contributed by atoms with Gasteiger partial charge in [-0.2, -0.15) is 0 Å². The average Bonchev–Trinajstić information content (AvgIpc) is 2.58. The first-order valence-electron chi connectivity index (χ1n) is 8.00. The molecule has 1 N–H and O–H groups in total. The van der Waals surface area contributed by atoms with Gasteiger partial charge in [-0.25, -0.2) is 14.4 Å². The van der Waals surface area contributed by atoms with Crippen molar-refractivity contribution in [2.24, 2.45) is 5.92 Å². The lowest BCUT2D eigenvalue weighted by Crippen LogP contribution is -2.18. The lowest BCUT2D eigenvalue weighted by atomic mass is 10.1. The highest BCUT2D eigenvalue weighted by molar-refractivity contribution is 7.99. The minimum Gasteiger partial charge on any atom is -0.494 e. The van der Waals surface area contributed by atoms with Gasteiger partial charge in [0.05, 0.1) is 7.11 Å². The monoisotopic (exact) mass is 349 g/mol. The number of hydrogen-bond acceptors (Lipinski definition) is 5. The Bertz CT molecular complexity index is 649. The van der Waals surface area contributed by atoms with E-state index in [2.05, 4.69) is 29.1 Å². The normalized spacial score (nSPS) is 12.4. The summed E-state index contributed by atoms with van der Waals surface area (Å²) in [5.74, 6) is 1.54. The lowest BCUT2D eigenvalue weighted by molar-refractivity contribution is 0.385. The van der Waals surface area contributed by atoms with Gasteiger partial charge >= 0.3 is 0 Å². The predicted octanol–water partition coefficient (Wildman–Crippen LogP) is 4.22. The zero-order chi connectivity index (χ0) is 17.5. The van der Waals surface area contributed by atoms with Crippen LogP contribution in [-0.2, 0) is 6.54 Å². The van der Waals surface area contributed by atoms with Crippen molar-refractivity contribution in [3.8, 4) is 5.75 Å². The largest absolute Gasteiger partial charge is 0.494 e. The highest BCUT2D eigenvalue weighted by atomic mass is 32.2. The predicted molar refractivity (Wildman–Crippen MR) is 95.8 cm³/mol. The average molecular weight is 349 g/mol. The number of nitrogens with one attached hydrogen (secondary N) is 1. The van der Waals surface area contributed by atoms with Gasteiger partial charge in [-0.15, -0.1) is 0 Å². The van der Waals surface area contributed by atoms with Crippen LogP contribution in [0, 0.1) is 11.7 Å². The van der Waals surface area contributed by atoms with Crippen LogP contribution in [0.15, 0.2) is 35.7 Å².